The average Bonchev–Trinajstić information content (AvgIpc) is 2.94. The first-order valence-corrected chi connectivity index (χ1v) is 7.77. The van der Waals surface area contributed by atoms with Crippen molar-refractivity contribution in [3.63, 3.8) is 0 Å². The van der Waals surface area contributed by atoms with Crippen molar-refractivity contribution in [1.29, 1.82) is 5.26 Å². The molecule has 0 aromatic carbocycles. The van der Waals surface area contributed by atoms with E-state index in [4.69, 9.17) is 5.26 Å². The molecule has 0 atom stereocenters. The van der Waals surface area contributed by atoms with Crippen LogP contribution in [0.3, 0.4) is 0 Å². The second-order valence-electron chi connectivity index (χ2n) is 3.72. The number of hydrogen-bond acceptors (Lipinski definition) is 7. The third-order valence-electron chi connectivity index (χ3n) is 2.38. The lowest BCUT2D eigenvalue weighted by atomic mass is 10.4. The number of thiophene rings is 1. The summed E-state index contributed by atoms with van der Waals surface area (Å²) in [4.78, 5) is 13.5. The molecule has 0 saturated carbocycles. The number of hydrogen-bond donors (Lipinski definition) is 0. The van der Waals surface area contributed by atoms with Crippen molar-refractivity contribution in [2.75, 3.05) is 0 Å². The minimum Gasteiger partial charge on any atom is -0.258 e. The highest BCUT2D eigenvalue weighted by Gasteiger charge is 2.22. The average molecular weight is 321 g/mol. The zero-order valence-corrected chi connectivity index (χ0v) is 12.0. The fourth-order valence-corrected chi connectivity index (χ4v) is 3.36. The van der Waals surface area contributed by atoms with Crippen molar-refractivity contribution in [3.05, 3.63) is 56.4 Å². The van der Waals surface area contributed by atoms with Crippen LogP contribution in [0.1, 0.15) is 4.88 Å². The molecular weight excluding hydrogens is 314 g/mol. The standard InChI is InChI=1S/C12H7N3O4S2/c13-8-10(7-9-4-5-12(20-9)15(16)17)21(18,19)11-3-1-2-6-14-11/h1-7H/b10-7-. The maximum Gasteiger partial charge on any atom is 0.324 e. The van der Waals surface area contributed by atoms with Gasteiger partial charge in [-0.25, -0.2) is 13.4 Å². The van der Waals surface area contributed by atoms with E-state index < -0.39 is 19.7 Å². The summed E-state index contributed by atoms with van der Waals surface area (Å²) in [7, 11) is -4.03. The number of allylic oxidation sites excluding steroid dienone is 1. The lowest BCUT2D eigenvalue weighted by Crippen LogP contribution is -2.05. The van der Waals surface area contributed by atoms with Crippen molar-refractivity contribution in [1.82, 2.24) is 4.98 Å². The molecule has 21 heavy (non-hydrogen) atoms. The summed E-state index contributed by atoms with van der Waals surface area (Å²) in [5, 5.41) is 19.3. The highest BCUT2D eigenvalue weighted by molar-refractivity contribution is 7.95. The van der Waals surface area contributed by atoms with Gasteiger partial charge < -0.3 is 0 Å². The molecular formula is C12H7N3O4S2. The molecule has 0 spiro atoms. The molecule has 0 saturated heterocycles. The van der Waals surface area contributed by atoms with Crippen LogP contribution in [0, 0.1) is 21.4 Å². The van der Waals surface area contributed by atoms with E-state index in [0.717, 1.165) is 17.4 Å². The molecule has 0 N–H and O–H groups in total. The normalized spacial score (nSPS) is 11.9. The number of rotatable bonds is 4. The van der Waals surface area contributed by atoms with Crippen LogP contribution < -0.4 is 0 Å². The molecule has 2 aromatic heterocycles. The zero-order chi connectivity index (χ0) is 15.5. The molecule has 2 heterocycles. The maximum absolute atomic E-state index is 12.2. The maximum atomic E-state index is 12.2. The van der Waals surface area contributed by atoms with Gasteiger partial charge in [0.15, 0.2) is 9.93 Å². The van der Waals surface area contributed by atoms with Gasteiger partial charge in [-0.3, -0.25) is 10.1 Å². The molecule has 0 fully saturated rings. The number of sulfone groups is 1. The summed E-state index contributed by atoms with van der Waals surface area (Å²) in [5.41, 5.74) is 0. The predicted molar refractivity (Wildman–Crippen MR) is 76.0 cm³/mol. The third-order valence-corrected chi connectivity index (χ3v) is 4.94. The van der Waals surface area contributed by atoms with Gasteiger partial charge in [0.2, 0.25) is 9.84 Å². The highest BCUT2D eigenvalue weighted by atomic mass is 32.2. The molecule has 0 unspecified atom stereocenters. The Balaban J connectivity index is 2.46. The van der Waals surface area contributed by atoms with Gasteiger partial charge in [0.1, 0.15) is 6.07 Å². The lowest BCUT2D eigenvalue weighted by molar-refractivity contribution is -0.380. The number of nitro groups is 1. The van der Waals surface area contributed by atoms with Crippen LogP contribution in [0.2, 0.25) is 0 Å². The molecule has 0 aliphatic carbocycles. The Kier molecular flexibility index (Phi) is 4.11. The Labute approximate surface area is 123 Å². The quantitative estimate of drug-likeness (QED) is 0.485. The Morgan fingerprint density at radius 1 is 1.38 bits per heavy atom. The summed E-state index contributed by atoms with van der Waals surface area (Å²) in [5.74, 6) is 0. The molecule has 0 amide bonds. The lowest BCUT2D eigenvalue weighted by Gasteiger charge is -2.00. The van der Waals surface area contributed by atoms with Crippen LogP contribution in [-0.4, -0.2) is 18.3 Å². The van der Waals surface area contributed by atoms with Gasteiger partial charge in [0, 0.05) is 17.1 Å². The summed E-state index contributed by atoms with van der Waals surface area (Å²) in [6.45, 7) is 0. The van der Waals surface area contributed by atoms with E-state index in [1.807, 2.05) is 0 Å². The largest absolute Gasteiger partial charge is 0.324 e. The summed E-state index contributed by atoms with van der Waals surface area (Å²) in [6, 6.07) is 8.55. The Bertz CT molecular complexity index is 848. The fraction of sp³-hybridized carbons (Fsp3) is 0. The smallest absolute Gasteiger partial charge is 0.258 e. The van der Waals surface area contributed by atoms with E-state index in [2.05, 4.69) is 4.98 Å². The minimum absolute atomic E-state index is 0.131. The first-order chi connectivity index (χ1) is 9.95. The van der Waals surface area contributed by atoms with E-state index in [0.29, 0.717) is 4.88 Å². The van der Waals surface area contributed by atoms with E-state index >= 15 is 0 Å². The topological polar surface area (TPSA) is 114 Å². The van der Waals surface area contributed by atoms with Crippen molar-refractivity contribution in [2.45, 2.75) is 5.03 Å². The SMILES string of the molecule is N#C/C(=C/c1ccc([N+](=O)[O-])s1)S(=O)(=O)c1ccccn1. The Morgan fingerprint density at radius 3 is 2.67 bits per heavy atom. The van der Waals surface area contributed by atoms with E-state index in [1.54, 1.807) is 12.1 Å². The number of nitriles is 1. The minimum atomic E-state index is -4.03. The molecule has 0 aliphatic rings. The van der Waals surface area contributed by atoms with Crippen molar-refractivity contribution < 1.29 is 13.3 Å². The molecule has 2 aromatic rings. The van der Waals surface area contributed by atoms with E-state index in [-0.39, 0.29) is 10.0 Å². The summed E-state index contributed by atoms with van der Waals surface area (Å²) >= 11 is 0.785. The first kappa shape index (κ1) is 14.8. The molecule has 2 rings (SSSR count). The first-order valence-electron chi connectivity index (χ1n) is 5.47. The number of pyridine rings is 1. The zero-order valence-electron chi connectivity index (χ0n) is 10.3. The van der Waals surface area contributed by atoms with Crippen LogP contribution in [0.25, 0.3) is 6.08 Å². The van der Waals surface area contributed by atoms with Gasteiger partial charge >= 0.3 is 5.00 Å². The molecule has 0 aliphatic heterocycles. The fourth-order valence-electron chi connectivity index (χ4n) is 1.44. The molecule has 106 valence electrons. The van der Waals surface area contributed by atoms with Crippen molar-refractivity contribution in [3.8, 4) is 6.07 Å². The molecule has 0 radical (unpaired) electrons. The monoisotopic (exact) mass is 321 g/mol. The second kappa shape index (κ2) is 5.82. The highest BCUT2D eigenvalue weighted by Crippen LogP contribution is 2.27. The van der Waals surface area contributed by atoms with Crippen molar-refractivity contribution in [2.24, 2.45) is 0 Å². The van der Waals surface area contributed by atoms with Crippen LogP contribution in [0.15, 0.2) is 46.5 Å². The third kappa shape index (κ3) is 3.13. The molecule has 9 heteroatoms. The number of nitrogens with zero attached hydrogens (tertiary/aromatic N) is 3. The van der Waals surface area contributed by atoms with Crippen LogP contribution >= 0.6 is 11.3 Å². The Hall–Kier alpha value is -2.57. The van der Waals surface area contributed by atoms with E-state index in [9.17, 15) is 18.5 Å². The van der Waals surface area contributed by atoms with Gasteiger partial charge in [-0.15, -0.1) is 0 Å². The van der Waals surface area contributed by atoms with Crippen molar-refractivity contribution >= 4 is 32.3 Å². The predicted octanol–water partition coefficient (Wildman–Crippen LogP) is 2.39. The van der Waals surface area contributed by atoms with Gasteiger partial charge in [-0.1, -0.05) is 17.4 Å². The number of aromatic nitrogens is 1. The van der Waals surface area contributed by atoms with Gasteiger partial charge in [0.25, 0.3) is 0 Å². The van der Waals surface area contributed by atoms with Crippen LogP contribution in [0.5, 0.6) is 0 Å². The summed E-state index contributed by atoms with van der Waals surface area (Å²) in [6.07, 6.45) is 2.40. The molecule has 7 nitrogen and oxygen atoms in total. The second-order valence-corrected chi connectivity index (χ2v) is 6.68. The van der Waals surface area contributed by atoms with Crippen LogP contribution in [-0.2, 0) is 9.84 Å². The summed E-state index contributed by atoms with van der Waals surface area (Å²) < 4.78 is 24.5. The van der Waals surface area contributed by atoms with Gasteiger partial charge in [0.05, 0.1) is 4.92 Å². The van der Waals surface area contributed by atoms with Crippen LogP contribution in [0.4, 0.5) is 5.00 Å². The Morgan fingerprint density at radius 2 is 2.14 bits per heavy atom. The van der Waals surface area contributed by atoms with Gasteiger partial charge in [-0.2, -0.15) is 5.26 Å². The van der Waals surface area contributed by atoms with E-state index in [1.165, 1.54) is 30.5 Å². The van der Waals surface area contributed by atoms with Gasteiger partial charge in [-0.05, 0) is 24.3 Å². The molecule has 0 bridgehead atoms.